The molecule has 1 saturated carbocycles. The molecule has 2 amide bonds. The lowest BCUT2D eigenvalue weighted by Crippen LogP contribution is -2.42. The Hall–Kier alpha value is -1.10. The number of nitrogens with one attached hydrogen (secondary N) is 1. The van der Waals surface area contributed by atoms with E-state index in [1.807, 2.05) is 0 Å². The lowest BCUT2D eigenvalue weighted by molar-refractivity contribution is -0.135. The second-order valence-electron chi connectivity index (χ2n) is 5.69. The van der Waals surface area contributed by atoms with Crippen molar-refractivity contribution in [1.29, 1.82) is 0 Å². The van der Waals surface area contributed by atoms with Crippen molar-refractivity contribution in [3.63, 3.8) is 0 Å². The third-order valence-corrected chi connectivity index (χ3v) is 4.19. The molecule has 2 aliphatic rings. The first kappa shape index (κ1) is 14.3. The van der Waals surface area contributed by atoms with Crippen molar-refractivity contribution in [2.24, 2.45) is 5.92 Å². The SMILES string of the molecule is O=C(CN1CCCCCC1=O)NCC1CCCC1O. The molecule has 0 aromatic carbocycles. The molecule has 108 valence electrons. The number of aliphatic hydroxyl groups is 1. The number of hydrogen-bond donors (Lipinski definition) is 2. The fourth-order valence-electron chi connectivity index (χ4n) is 2.94. The van der Waals surface area contributed by atoms with Gasteiger partial charge in [-0.25, -0.2) is 0 Å². The summed E-state index contributed by atoms with van der Waals surface area (Å²) in [6.07, 6.45) is 6.12. The fourth-order valence-corrected chi connectivity index (χ4v) is 2.94. The molecule has 1 saturated heterocycles. The lowest BCUT2D eigenvalue weighted by atomic mass is 10.1. The van der Waals surface area contributed by atoms with Crippen LogP contribution in [-0.4, -0.2) is 47.6 Å². The molecule has 1 aliphatic carbocycles. The molecule has 2 atom stereocenters. The van der Waals surface area contributed by atoms with Crippen molar-refractivity contribution < 1.29 is 14.7 Å². The highest BCUT2D eigenvalue weighted by Crippen LogP contribution is 2.24. The zero-order chi connectivity index (χ0) is 13.7. The third-order valence-electron chi connectivity index (χ3n) is 4.19. The zero-order valence-electron chi connectivity index (χ0n) is 11.4. The van der Waals surface area contributed by atoms with Gasteiger partial charge in [-0.2, -0.15) is 0 Å². The van der Waals surface area contributed by atoms with Crippen LogP contribution in [-0.2, 0) is 9.59 Å². The molecule has 2 fully saturated rings. The van der Waals surface area contributed by atoms with Crippen molar-refractivity contribution in [2.45, 2.75) is 51.0 Å². The van der Waals surface area contributed by atoms with E-state index in [1.54, 1.807) is 4.90 Å². The molecule has 0 bridgehead atoms. The molecule has 2 unspecified atom stereocenters. The van der Waals surface area contributed by atoms with Gasteiger partial charge in [0.1, 0.15) is 0 Å². The van der Waals surface area contributed by atoms with E-state index in [0.29, 0.717) is 19.5 Å². The van der Waals surface area contributed by atoms with Gasteiger partial charge in [-0.05, 0) is 25.7 Å². The van der Waals surface area contributed by atoms with Crippen LogP contribution < -0.4 is 5.32 Å². The van der Waals surface area contributed by atoms with Gasteiger partial charge in [0.25, 0.3) is 0 Å². The second kappa shape index (κ2) is 6.89. The van der Waals surface area contributed by atoms with Gasteiger partial charge < -0.3 is 15.3 Å². The van der Waals surface area contributed by atoms with Gasteiger partial charge in [0, 0.05) is 25.4 Å². The minimum Gasteiger partial charge on any atom is -0.393 e. The van der Waals surface area contributed by atoms with Crippen LogP contribution in [0.4, 0.5) is 0 Å². The normalized spacial score (nSPS) is 28.3. The Kier molecular flexibility index (Phi) is 5.19. The fraction of sp³-hybridized carbons (Fsp3) is 0.857. The first-order valence-corrected chi connectivity index (χ1v) is 7.39. The van der Waals surface area contributed by atoms with Gasteiger partial charge in [-0.15, -0.1) is 0 Å². The summed E-state index contributed by atoms with van der Waals surface area (Å²) in [7, 11) is 0. The van der Waals surface area contributed by atoms with Gasteiger partial charge >= 0.3 is 0 Å². The first-order valence-electron chi connectivity index (χ1n) is 7.39. The van der Waals surface area contributed by atoms with E-state index in [1.165, 1.54) is 0 Å². The van der Waals surface area contributed by atoms with Crippen LogP contribution in [0.25, 0.3) is 0 Å². The summed E-state index contributed by atoms with van der Waals surface area (Å²) in [4.78, 5) is 25.3. The maximum Gasteiger partial charge on any atom is 0.239 e. The molecule has 19 heavy (non-hydrogen) atoms. The Morgan fingerprint density at radius 2 is 2.11 bits per heavy atom. The molecule has 2 N–H and O–H groups in total. The van der Waals surface area contributed by atoms with E-state index in [0.717, 1.165) is 38.5 Å². The van der Waals surface area contributed by atoms with Crippen molar-refractivity contribution in [3.8, 4) is 0 Å². The number of carbonyl (C=O) groups excluding carboxylic acids is 2. The number of aliphatic hydroxyl groups excluding tert-OH is 1. The molecular formula is C14H24N2O3. The Balaban J connectivity index is 1.72. The maximum absolute atomic E-state index is 11.8. The summed E-state index contributed by atoms with van der Waals surface area (Å²) in [5.41, 5.74) is 0. The second-order valence-corrected chi connectivity index (χ2v) is 5.69. The quantitative estimate of drug-likeness (QED) is 0.787. The Labute approximate surface area is 114 Å². The van der Waals surface area contributed by atoms with E-state index >= 15 is 0 Å². The van der Waals surface area contributed by atoms with Crippen LogP contribution in [0, 0.1) is 5.92 Å². The van der Waals surface area contributed by atoms with Gasteiger partial charge in [-0.3, -0.25) is 9.59 Å². The van der Waals surface area contributed by atoms with E-state index in [4.69, 9.17) is 0 Å². The van der Waals surface area contributed by atoms with Gasteiger partial charge in [0.05, 0.1) is 12.6 Å². The molecule has 2 rings (SSSR count). The highest BCUT2D eigenvalue weighted by molar-refractivity contribution is 5.84. The van der Waals surface area contributed by atoms with Crippen LogP contribution in [0.1, 0.15) is 44.9 Å². The highest BCUT2D eigenvalue weighted by Gasteiger charge is 2.26. The molecule has 0 radical (unpaired) electrons. The van der Waals surface area contributed by atoms with Gasteiger partial charge in [0.2, 0.25) is 11.8 Å². The van der Waals surface area contributed by atoms with Gasteiger partial charge in [-0.1, -0.05) is 12.8 Å². The molecule has 0 aromatic rings. The number of rotatable bonds is 4. The average Bonchev–Trinajstić information content (AvgIpc) is 2.69. The third kappa shape index (κ3) is 4.20. The average molecular weight is 268 g/mol. The van der Waals surface area contributed by atoms with Crippen LogP contribution in [0.3, 0.4) is 0 Å². The van der Waals surface area contributed by atoms with Crippen LogP contribution in [0.15, 0.2) is 0 Å². The van der Waals surface area contributed by atoms with Crippen LogP contribution >= 0.6 is 0 Å². The number of nitrogens with zero attached hydrogens (tertiary/aromatic N) is 1. The van der Waals surface area contributed by atoms with E-state index in [-0.39, 0.29) is 30.4 Å². The molecule has 1 aliphatic heterocycles. The summed E-state index contributed by atoms with van der Waals surface area (Å²) in [5.74, 6) is 0.173. The summed E-state index contributed by atoms with van der Waals surface area (Å²) < 4.78 is 0. The van der Waals surface area contributed by atoms with E-state index in [2.05, 4.69) is 5.32 Å². The summed E-state index contributed by atoms with van der Waals surface area (Å²) >= 11 is 0. The molecule has 5 heteroatoms. The molecule has 0 aromatic heterocycles. The molecule has 1 heterocycles. The summed E-state index contributed by atoms with van der Waals surface area (Å²) in [6.45, 7) is 1.39. The smallest absolute Gasteiger partial charge is 0.239 e. The molecular weight excluding hydrogens is 244 g/mol. The largest absolute Gasteiger partial charge is 0.393 e. The Morgan fingerprint density at radius 1 is 1.26 bits per heavy atom. The highest BCUT2D eigenvalue weighted by atomic mass is 16.3. The van der Waals surface area contributed by atoms with Crippen molar-refractivity contribution >= 4 is 11.8 Å². The minimum absolute atomic E-state index is 0.0913. The van der Waals surface area contributed by atoms with Crippen molar-refractivity contribution in [2.75, 3.05) is 19.6 Å². The summed E-state index contributed by atoms with van der Waals surface area (Å²) in [5, 5.41) is 12.5. The number of likely N-dealkylation sites (tertiary alicyclic amines) is 1. The first-order chi connectivity index (χ1) is 9.16. The van der Waals surface area contributed by atoms with E-state index in [9.17, 15) is 14.7 Å². The monoisotopic (exact) mass is 268 g/mol. The minimum atomic E-state index is -0.278. The number of carbonyl (C=O) groups is 2. The number of hydrogen-bond acceptors (Lipinski definition) is 3. The Bertz CT molecular complexity index is 333. The predicted molar refractivity (Wildman–Crippen MR) is 71.4 cm³/mol. The van der Waals surface area contributed by atoms with Crippen LogP contribution in [0.2, 0.25) is 0 Å². The number of amides is 2. The van der Waals surface area contributed by atoms with Crippen molar-refractivity contribution in [3.05, 3.63) is 0 Å². The Morgan fingerprint density at radius 3 is 2.84 bits per heavy atom. The lowest BCUT2D eigenvalue weighted by Gasteiger charge is -2.21. The standard InChI is InChI=1S/C14H24N2O3/c17-12-6-4-5-11(12)9-15-13(18)10-16-8-3-1-2-7-14(16)19/h11-12,17H,1-10H2,(H,15,18). The summed E-state index contributed by atoms with van der Waals surface area (Å²) in [6, 6.07) is 0. The maximum atomic E-state index is 11.8. The topological polar surface area (TPSA) is 69.6 Å². The molecule has 0 spiro atoms. The van der Waals surface area contributed by atoms with Gasteiger partial charge in [0.15, 0.2) is 0 Å². The zero-order valence-corrected chi connectivity index (χ0v) is 11.4. The van der Waals surface area contributed by atoms with Crippen LogP contribution in [0.5, 0.6) is 0 Å². The van der Waals surface area contributed by atoms with E-state index < -0.39 is 0 Å². The predicted octanol–water partition coefficient (Wildman–Crippen LogP) is 0.666. The van der Waals surface area contributed by atoms with Crippen molar-refractivity contribution in [1.82, 2.24) is 10.2 Å². The molecule has 5 nitrogen and oxygen atoms in total.